The van der Waals surface area contributed by atoms with E-state index in [-0.39, 0.29) is 0 Å². The van der Waals surface area contributed by atoms with Gasteiger partial charge in [0.1, 0.15) is 0 Å². The van der Waals surface area contributed by atoms with Gasteiger partial charge in [-0.2, -0.15) is 0 Å². The molecule has 1 aliphatic rings. The highest BCUT2D eigenvalue weighted by molar-refractivity contribution is 5.09. The molecular weight excluding hydrogens is 98.1 g/mol. The van der Waals surface area contributed by atoms with Crippen LogP contribution >= 0.6 is 0 Å². The minimum atomic E-state index is 1.15. The van der Waals surface area contributed by atoms with Gasteiger partial charge in [-0.3, -0.25) is 4.90 Å². The van der Waals surface area contributed by atoms with Gasteiger partial charge in [-0.15, -0.1) is 0 Å². The highest BCUT2D eigenvalue weighted by Crippen LogP contribution is 2.10. The van der Waals surface area contributed by atoms with E-state index in [1.807, 2.05) is 0 Å². The first-order valence-electron chi connectivity index (χ1n) is 3.22. The minimum absolute atomic E-state index is 1.15. The Kier molecular flexibility index (Phi) is 1.69. The van der Waals surface area contributed by atoms with Crippen LogP contribution in [0.5, 0.6) is 0 Å². The maximum atomic E-state index is 3.85. The Morgan fingerprint density at radius 1 is 1.62 bits per heavy atom. The summed E-state index contributed by atoms with van der Waals surface area (Å²) in [7, 11) is 0. The number of hydrogen-bond acceptors (Lipinski definition) is 1. The Balaban J connectivity index is 2.06. The Bertz CT molecular complexity index is 88.6. The van der Waals surface area contributed by atoms with Gasteiger partial charge in [0.2, 0.25) is 0 Å². The van der Waals surface area contributed by atoms with E-state index < -0.39 is 0 Å². The smallest absolute Gasteiger partial charge is 0.0206 e. The van der Waals surface area contributed by atoms with E-state index in [1.165, 1.54) is 18.5 Å². The molecule has 0 aromatic carbocycles. The molecular formula is C7H13N. The minimum Gasteiger partial charge on any atom is -0.295 e. The van der Waals surface area contributed by atoms with E-state index in [1.54, 1.807) is 0 Å². The number of likely N-dealkylation sites (tertiary alicyclic amines) is 1. The zero-order valence-corrected chi connectivity index (χ0v) is 5.48. The van der Waals surface area contributed by atoms with Crippen LogP contribution in [-0.2, 0) is 0 Å². The third-order valence-electron chi connectivity index (χ3n) is 1.43. The summed E-state index contributed by atoms with van der Waals surface area (Å²) in [5.74, 6) is 0. The molecule has 0 amide bonds. The summed E-state index contributed by atoms with van der Waals surface area (Å²) in [6.45, 7) is 9.60. The van der Waals surface area contributed by atoms with Crippen LogP contribution in [0.25, 0.3) is 0 Å². The number of hydrogen-bond donors (Lipinski definition) is 0. The average molecular weight is 111 g/mol. The lowest BCUT2D eigenvalue weighted by Crippen LogP contribution is -2.39. The zero-order chi connectivity index (χ0) is 5.98. The summed E-state index contributed by atoms with van der Waals surface area (Å²) < 4.78 is 0. The van der Waals surface area contributed by atoms with Gasteiger partial charge in [0.05, 0.1) is 0 Å². The lowest BCUT2D eigenvalue weighted by molar-refractivity contribution is 0.252. The molecule has 1 saturated heterocycles. The molecule has 0 aromatic rings. The van der Waals surface area contributed by atoms with Crippen molar-refractivity contribution in [3.8, 4) is 0 Å². The number of nitrogens with zero attached hydrogens (tertiary/aromatic N) is 1. The van der Waals surface area contributed by atoms with Gasteiger partial charge in [-0.25, -0.2) is 0 Å². The van der Waals surface area contributed by atoms with Crippen LogP contribution in [0.1, 0.15) is 13.3 Å². The Morgan fingerprint density at radius 2 is 2.25 bits per heavy atom. The van der Waals surface area contributed by atoms with Crippen molar-refractivity contribution in [3.05, 3.63) is 12.2 Å². The van der Waals surface area contributed by atoms with E-state index in [2.05, 4.69) is 18.4 Å². The molecule has 1 nitrogen and oxygen atoms in total. The van der Waals surface area contributed by atoms with Crippen molar-refractivity contribution in [2.75, 3.05) is 19.6 Å². The van der Waals surface area contributed by atoms with Crippen LogP contribution in [0.4, 0.5) is 0 Å². The van der Waals surface area contributed by atoms with E-state index in [0.717, 1.165) is 13.1 Å². The molecule has 46 valence electrons. The van der Waals surface area contributed by atoms with E-state index in [4.69, 9.17) is 0 Å². The van der Waals surface area contributed by atoms with E-state index in [0.29, 0.717) is 0 Å². The molecule has 1 fully saturated rings. The zero-order valence-electron chi connectivity index (χ0n) is 5.48. The molecule has 0 N–H and O–H groups in total. The van der Waals surface area contributed by atoms with Crippen molar-refractivity contribution in [1.82, 2.24) is 4.90 Å². The molecule has 0 aliphatic carbocycles. The topological polar surface area (TPSA) is 3.24 Å². The van der Waals surface area contributed by atoms with Gasteiger partial charge in [0, 0.05) is 13.1 Å². The summed E-state index contributed by atoms with van der Waals surface area (Å²) in [6.07, 6.45) is 1.27. The third-order valence-corrected chi connectivity index (χ3v) is 1.43. The lowest BCUT2D eigenvalue weighted by Gasteiger charge is -2.32. The van der Waals surface area contributed by atoms with Gasteiger partial charge in [0.25, 0.3) is 0 Å². The molecule has 1 aliphatic heterocycles. The summed E-state index contributed by atoms with van der Waals surface area (Å²) in [6, 6.07) is 0. The lowest BCUT2D eigenvalue weighted by atomic mass is 10.1. The van der Waals surface area contributed by atoms with Crippen LogP contribution in [0, 0.1) is 0 Å². The third kappa shape index (κ3) is 1.10. The summed E-state index contributed by atoms with van der Waals surface area (Å²) >= 11 is 0. The quantitative estimate of drug-likeness (QED) is 0.485. The molecule has 0 radical (unpaired) electrons. The van der Waals surface area contributed by atoms with Crippen LogP contribution in [-0.4, -0.2) is 24.5 Å². The molecule has 1 heteroatoms. The fraction of sp³-hybridized carbons (Fsp3) is 0.714. The first-order chi connectivity index (χ1) is 3.83. The van der Waals surface area contributed by atoms with Gasteiger partial charge < -0.3 is 0 Å². The number of rotatable bonds is 2. The molecule has 8 heavy (non-hydrogen) atoms. The van der Waals surface area contributed by atoms with Crippen molar-refractivity contribution in [1.29, 1.82) is 0 Å². The normalized spacial score (nSPS) is 20.9. The summed E-state index contributed by atoms with van der Waals surface area (Å²) in [4.78, 5) is 2.41. The van der Waals surface area contributed by atoms with E-state index >= 15 is 0 Å². The Labute approximate surface area is 51.0 Å². The molecule has 0 bridgehead atoms. The monoisotopic (exact) mass is 111 g/mol. The average Bonchev–Trinajstić information content (AvgIpc) is 1.64. The van der Waals surface area contributed by atoms with Crippen LogP contribution < -0.4 is 0 Å². The molecule has 0 spiro atoms. The van der Waals surface area contributed by atoms with Crippen LogP contribution in [0.15, 0.2) is 12.2 Å². The van der Waals surface area contributed by atoms with Crippen molar-refractivity contribution < 1.29 is 0 Å². The van der Waals surface area contributed by atoms with Crippen molar-refractivity contribution in [3.63, 3.8) is 0 Å². The van der Waals surface area contributed by atoms with Crippen molar-refractivity contribution in [2.24, 2.45) is 0 Å². The summed E-state index contributed by atoms with van der Waals surface area (Å²) in [5.41, 5.74) is 1.39. The highest BCUT2D eigenvalue weighted by atomic mass is 15.2. The first kappa shape index (κ1) is 5.83. The predicted molar refractivity (Wildman–Crippen MR) is 35.9 cm³/mol. The molecule has 0 saturated carbocycles. The van der Waals surface area contributed by atoms with E-state index in [9.17, 15) is 0 Å². The SMILES string of the molecule is C=C1CN(CCC)C1. The van der Waals surface area contributed by atoms with Gasteiger partial charge >= 0.3 is 0 Å². The maximum Gasteiger partial charge on any atom is 0.0206 e. The van der Waals surface area contributed by atoms with Crippen LogP contribution in [0.3, 0.4) is 0 Å². The highest BCUT2D eigenvalue weighted by Gasteiger charge is 2.15. The Hall–Kier alpha value is -0.300. The van der Waals surface area contributed by atoms with Gasteiger partial charge in [-0.05, 0) is 18.5 Å². The van der Waals surface area contributed by atoms with Crippen molar-refractivity contribution in [2.45, 2.75) is 13.3 Å². The molecule has 0 atom stereocenters. The Morgan fingerprint density at radius 3 is 2.62 bits per heavy atom. The maximum absolute atomic E-state index is 3.85. The predicted octanol–water partition coefficient (Wildman–Crippen LogP) is 1.27. The van der Waals surface area contributed by atoms with Crippen LogP contribution in [0.2, 0.25) is 0 Å². The van der Waals surface area contributed by atoms with Gasteiger partial charge in [0.15, 0.2) is 0 Å². The molecule has 0 unspecified atom stereocenters. The second kappa shape index (κ2) is 2.31. The largest absolute Gasteiger partial charge is 0.295 e. The molecule has 0 aromatic heterocycles. The first-order valence-corrected chi connectivity index (χ1v) is 3.22. The fourth-order valence-corrected chi connectivity index (χ4v) is 1.06. The standard InChI is InChI=1S/C7H13N/c1-3-4-8-5-7(2)6-8/h2-6H2,1H3. The molecule has 1 rings (SSSR count). The summed E-state index contributed by atoms with van der Waals surface area (Å²) in [5, 5.41) is 0. The van der Waals surface area contributed by atoms with Gasteiger partial charge in [-0.1, -0.05) is 13.5 Å². The fourth-order valence-electron chi connectivity index (χ4n) is 1.06. The second-order valence-electron chi connectivity index (χ2n) is 2.46. The second-order valence-corrected chi connectivity index (χ2v) is 2.46. The van der Waals surface area contributed by atoms with Crippen molar-refractivity contribution >= 4 is 0 Å². The molecule has 1 heterocycles.